The van der Waals surface area contributed by atoms with Crippen LogP contribution in [0.3, 0.4) is 0 Å². The van der Waals surface area contributed by atoms with E-state index in [-0.39, 0.29) is 0 Å². The predicted octanol–water partition coefficient (Wildman–Crippen LogP) is 3.93. The molecule has 2 aromatic rings. The van der Waals surface area contributed by atoms with Gasteiger partial charge in [-0.1, -0.05) is 29.8 Å². The lowest BCUT2D eigenvalue weighted by molar-refractivity contribution is -0.134. The summed E-state index contributed by atoms with van der Waals surface area (Å²) in [7, 11) is 1.32. The molecule has 0 N–H and O–H groups in total. The monoisotopic (exact) mass is 288 g/mol. The van der Waals surface area contributed by atoms with Crippen molar-refractivity contribution in [1.82, 2.24) is 0 Å². The molecule has 0 saturated heterocycles. The van der Waals surface area contributed by atoms with Crippen molar-refractivity contribution >= 4 is 23.3 Å². The summed E-state index contributed by atoms with van der Waals surface area (Å²) in [4.78, 5) is 11.4. The summed E-state index contributed by atoms with van der Waals surface area (Å²) in [6, 6.07) is 16.2. The van der Waals surface area contributed by atoms with Crippen LogP contribution in [-0.2, 0) is 9.53 Å². The first-order valence-electron chi connectivity index (χ1n) is 5.97. The molecule has 0 aromatic heterocycles. The molecule has 0 atom stereocenters. The van der Waals surface area contributed by atoms with Crippen LogP contribution in [-0.4, -0.2) is 13.1 Å². The molecule has 0 bridgehead atoms. The van der Waals surface area contributed by atoms with E-state index in [1.165, 1.54) is 13.2 Å². The molecule has 0 aliphatic rings. The summed E-state index contributed by atoms with van der Waals surface area (Å²) in [5, 5.41) is 0.617. The number of carbonyl (C=O) groups is 1. The van der Waals surface area contributed by atoms with E-state index >= 15 is 0 Å². The highest BCUT2D eigenvalue weighted by Gasteiger charge is 2.08. The Kier molecular flexibility index (Phi) is 4.80. The van der Waals surface area contributed by atoms with Crippen molar-refractivity contribution in [3.05, 3.63) is 71.3 Å². The van der Waals surface area contributed by atoms with Gasteiger partial charge in [0.15, 0.2) is 0 Å². The van der Waals surface area contributed by atoms with Gasteiger partial charge in [0.25, 0.3) is 0 Å². The third kappa shape index (κ3) is 3.87. The summed E-state index contributed by atoms with van der Waals surface area (Å²) in [5.74, 6) is 0.559. The van der Waals surface area contributed by atoms with E-state index in [0.29, 0.717) is 16.5 Å². The smallest absolute Gasteiger partial charge is 0.334 e. The number of hydrogen-bond donors (Lipinski definition) is 0. The molecule has 0 amide bonds. The Morgan fingerprint density at radius 1 is 1.05 bits per heavy atom. The average Bonchev–Trinajstić information content (AvgIpc) is 2.48. The van der Waals surface area contributed by atoms with E-state index in [9.17, 15) is 4.79 Å². The van der Waals surface area contributed by atoms with E-state index in [2.05, 4.69) is 4.74 Å². The van der Waals surface area contributed by atoms with Crippen molar-refractivity contribution < 1.29 is 14.3 Å². The van der Waals surface area contributed by atoms with Gasteiger partial charge < -0.3 is 9.47 Å². The zero-order valence-corrected chi connectivity index (χ0v) is 11.6. The molecule has 2 aromatic carbocycles. The minimum Gasteiger partial charge on any atom is -0.466 e. The average molecular weight is 289 g/mol. The van der Waals surface area contributed by atoms with Gasteiger partial charge in [-0.05, 0) is 36.4 Å². The summed E-state index contributed by atoms with van der Waals surface area (Å²) in [5.41, 5.74) is 0.739. The molecule has 102 valence electrons. The van der Waals surface area contributed by atoms with E-state index < -0.39 is 5.97 Å². The molecule has 0 aliphatic carbocycles. The van der Waals surface area contributed by atoms with Gasteiger partial charge in [0.05, 0.1) is 13.2 Å². The normalized spacial score (nSPS) is 11.0. The van der Waals surface area contributed by atoms with Gasteiger partial charge in [0.1, 0.15) is 11.5 Å². The Morgan fingerprint density at radius 2 is 1.70 bits per heavy atom. The first kappa shape index (κ1) is 14.2. The standard InChI is InChI=1S/C16H13ClO3/c1-19-16(18)11-15(12-7-9-13(17)10-8-12)20-14-5-3-2-4-6-14/h2-11H,1H3/b15-11+. The SMILES string of the molecule is COC(=O)/C=C(/Oc1ccccc1)c1ccc(Cl)cc1. The van der Waals surface area contributed by atoms with Crippen LogP contribution in [0.4, 0.5) is 0 Å². The number of halogens is 1. The Bertz CT molecular complexity index is 603. The molecule has 4 heteroatoms. The van der Waals surface area contributed by atoms with Crippen molar-refractivity contribution in [3.8, 4) is 5.75 Å². The third-order valence-electron chi connectivity index (χ3n) is 2.55. The minimum atomic E-state index is -0.481. The fraction of sp³-hybridized carbons (Fsp3) is 0.0625. The van der Waals surface area contributed by atoms with Gasteiger partial charge in [-0.3, -0.25) is 0 Å². The lowest BCUT2D eigenvalue weighted by atomic mass is 10.2. The maximum Gasteiger partial charge on any atom is 0.334 e. The molecular formula is C16H13ClO3. The van der Waals surface area contributed by atoms with Gasteiger partial charge in [-0.15, -0.1) is 0 Å². The number of rotatable bonds is 4. The second kappa shape index (κ2) is 6.78. The fourth-order valence-corrected chi connectivity index (χ4v) is 1.69. The summed E-state index contributed by atoms with van der Waals surface area (Å²) in [6.45, 7) is 0. The van der Waals surface area contributed by atoms with Crippen LogP contribution >= 0.6 is 11.6 Å². The molecule has 2 rings (SSSR count). The van der Waals surface area contributed by atoms with Crippen LogP contribution in [0.1, 0.15) is 5.56 Å². The molecule has 0 spiro atoms. The van der Waals surface area contributed by atoms with Crippen LogP contribution in [0, 0.1) is 0 Å². The number of benzene rings is 2. The fourth-order valence-electron chi connectivity index (χ4n) is 1.57. The third-order valence-corrected chi connectivity index (χ3v) is 2.80. The largest absolute Gasteiger partial charge is 0.466 e. The lowest BCUT2D eigenvalue weighted by Crippen LogP contribution is -2.01. The van der Waals surface area contributed by atoms with Crippen LogP contribution < -0.4 is 4.74 Å². The maximum absolute atomic E-state index is 11.4. The number of ether oxygens (including phenoxy) is 2. The Morgan fingerprint density at radius 3 is 2.30 bits per heavy atom. The van der Waals surface area contributed by atoms with Gasteiger partial charge >= 0.3 is 5.97 Å². The minimum absolute atomic E-state index is 0.403. The van der Waals surface area contributed by atoms with Crippen molar-refractivity contribution in [1.29, 1.82) is 0 Å². The first-order chi connectivity index (χ1) is 9.69. The van der Waals surface area contributed by atoms with Crippen molar-refractivity contribution in [2.24, 2.45) is 0 Å². The maximum atomic E-state index is 11.4. The molecule has 0 unspecified atom stereocenters. The Hall–Kier alpha value is -2.26. The highest BCUT2D eigenvalue weighted by atomic mass is 35.5. The lowest BCUT2D eigenvalue weighted by Gasteiger charge is -2.10. The van der Waals surface area contributed by atoms with Gasteiger partial charge in [-0.25, -0.2) is 4.79 Å². The topological polar surface area (TPSA) is 35.5 Å². The quantitative estimate of drug-likeness (QED) is 0.486. The highest BCUT2D eigenvalue weighted by Crippen LogP contribution is 2.22. The van der Waals surface area contributed by atoms with E-state index in [0.717, 1.165) is 5.56 Å². The summed E-state index contributed by atoms with van der Waals surface area (Å²) >= 11 is 5.86. The number of carbonyl (C=O) groups excluding carboxylic acids is 1. The number of esters is 1. The number of methoxy groups -OCH3 is 1. The van der Waals surface area contributed by atoms with E-state index in [1.54, 1.807) is 36.4 Å². The van der Waals surface area contributed by atoms with Crippen LogP contribution in [0.15, 0.2) is 60.7 Å². The van der Waals surface area contributed by atoms with Crippen molar-refractivity contribution in [3.63, 3.8) is 0 Å². The Labute approximate surface area is 122 Å². The number of para-hydroxylation sites is 1. The van der Waals surface area contributed by atoms with Gasteiger partial charge in [0.2, 0.25) is 0 Å². The molecule has 0 fully saturated rings. The second-order valence-corrected chi connectivity index (χ2v) is 4.39. The molecule has 0 aliphatic heterocycles. The zero-order valence-electron chi connectivity index (χ0n) is 10.9. The molecular weight excluding hydrogens is 276 g/mol. The highest BCUT2D eigenvalue weighted by molar-refractivity contribution is 6.30. The van der Waals surface area contributed by atoms with Crippen LogP contribution in [0.2, 0.25) is 5.02 Å². The van der Waals surface area contributed by atoms with Crippen LogP contribution in [0.25, 0.3) is 5.76 Å². The number of hydrogen-bond acceptors (Lipinski definition) is 3. The van der Waals surface area contributed by atoms with Crippen molar-refractivity contribution in [2.45, 2.75) is 0 Å². The zero-order chi connectivity index (χ0) is 14.4. The summed E-state index contributed by atoms with van der Waals surface area (Å²) < 4.78 is 10.4. The second-order valence-electron chi connectivity index (χ2n) is 3.95. The van der Waals surface area contributed by atoms with Gasteiger partial charge in [0, 0.05) is 10.6 Å². The molecule has 3 nitrogen and oxygen atoms in total. The predicted molar refractivity (Wildman–Crippen MR) is 78.5 cm³/mol. The van der Waals surface area contributed by atoms with Gasteiger partial charge in [-0.2, -0.15) is 0 Å². The molecule has 0 saturated carbocycles. The van der Waals surface area contributed by atoms with Crippen LogP contribution in [0.5, 0.6) is 5.75 Å². The van der Waals surface area contributed by atoms with Crippen molar-refractivity contribution in [2.75, 3.05) is 7.11 Å². The summed E-state index contributed by atoms with van der Waals surface area (Å²) in [6.07, 6.45) is 1.30. The van der Waals surface area contributed by atoms with E-state index in [4.69, 9.17) is 16.3 Å². The Balaban J connectivity index is 2.32. The molecule has 0 radical (unpaired) electrons. The molecule has 0 heterocycles. The molecule has 20 heavy (non-hydrogen) atoms. The first-order valence-corrected chi connectivity index (χ1v) is 6.35. The van der Waals surface area contributed by atoms with E-state index in [1.807, 2.05) is 18.2 Å².